The van der Waals surface area contributed by atoms with E-state index in [1.165, 1.54) is 36.4 Å². The van der Waals surface area contributed by atoms with Crippen molar-refractivity contribution in [1.29, 1.82) is 0 Å². The Morgan fingerprint density at radius 1 is 1.23 bits per heavy atom. The number of halogens is 1. The summed E-state index contributed by atoms with van der Waals surface area (Å²) in [7, 11) is 0. The summed E-state index contributed by atoms with van der Waals surface area (Å²) in [5.41, 5.74) is 0.547. The van der Waals surface area contributed by atoms with Gasteiger partial charge in [-0.2, -0.15) is 0 Å². The molecular weight excluding hydrogens is 393 g/mol. The van der Waals surface area contributed by atoms with Gasteiger partial charge in [0.15, 0.2) is 0 Å². The van der Waals surface area contributed by atoms with Crippen molar-refractivity contribution in [1.82, 2.24) is 15.1 Å². The Bertz CT molecular complexity index is 1140. The van der Waals surface area contributed by atoms with E-state index < -0.39 is 57.2 Å². The lowest BCUT2D eigenvalue weighted by Crippen LogP contribution is -2.49. The molecule has 0 saturated carbocycles. The third kappa shape index (κ3) is 7.24. The number of hydrogen-bond donors (Lipinski definition) is 1. The fraction of sp³-hybridized carbons (Fsp3) is 0.480. The number of hydrogen-bond acceptors (Lipinski definition) is 3. The predicted molar refractivity (Wildman–Crippen MR) is 121 cm³/mol. The molecule has 1 N–H and O–H groups in total. The molecule has 0 unspecified atom stereocenters. The highest BCUT2D eigenvalue weighted by Gasteiger charge is 2.27. The van der Waals surface area contributed by atoms with Crippen LogP contribution in [0.3, 0.4) is 0 Å². The van der Waals surface area contributed by atoms with E-state index in [4.69, 9.17) is 17.1 Å². The summed E-state index contributed by atoms with van der Waals surface area (Å²) in [5.74, 6) is 0.306. The summed E-state index contributed by atoms with van der Waals surface area (Å²) in [6.45, 7) is -6.56. The van der Waals surface area contributed by atoms with Crippen molar-refractivity contribution in [2.24, 2.45) is 5.92 Å². The average Bonchev–Trinajstić information content (AvgIpc) is 2.79. The van der Waals surface area contributed by atoms with E-state index in [1.807, 2.05) is 13.8 Å². The number of benzene rings is 2. The maximum absolute atomic E-state index is 13.6. The quantitative estimate of drug-likeness (QED) is 0.654. The maximum Gasteiger partial charge on any atom is 0.318 e. The maximum atomic E-state index is 13.6. The van der Waals surface area contributed by atoms with E-state index in [0.29, 0.717) is 23.8 Å². The van der Waals surface area contributed by atoms with Crippen LogP contribution in [-0.4, -0.2) is 48.4 Å². The molecule has 31 heavy (non-hydrogen) atoms. The van der Waals surface area contributed by atoms with E-state index in [2.05, 4.69) is 5.32 Å². The van der Waals surface area contributed by atoms with Gasteiger partial charge in [-0.15, -0.1) is 0 Å². The van der Waals surface area contributed by atoms with Gasteiger partial charge in [-0.05, 0) is 74.1 Å². The van der Waals surface area contributed by atoms with Crippen molar-refractivity contribution in [3.8, 4) is 5.75 Å². The van der Waals surface area contributed by atoms with Crippen molar-refractivity contribution in [3.63, 3.8) is 0 Å². The number of likely N-dealkylation sites (tertiary alicyclic amines) is 1. The van der Waals surface area contributed by atoms with Crippen molar-refractivity contribution in [2.45, 2.75) is 45.8 Å². The molecule has 0 aromatic heterocycles. The smallest absolute Gasteiger partial charge is 0.318 e. The van der Waals surface area contributed by atoms with Crippen LogP contribution < -0.4 is 10.1 Å². The number of ether oxygens (including phenoxy) is 1. The standard InChI is InChI=1S/C25H34FN3O2/c1-19(2)18-31-24-10-6-20(7-11-24)16-27-25(30)29(23-12-14-28(3)15-13-23)17-21-4-8-22(26)9-5-21/h4-11,19,23H,12-18H2,1-3H3,(H,27,30)/i3D3,14D2,15D2,16D2. The van der Waals surface area contributed by atoms with Crippen LogP contribution in [0.5, 0.6) is 5.75 Å². The first-order valence-electron chi connectivity index (χ1n) is 14.7. The molecule has 6 heteroatoms. The van der Waals surface area contributed by atoms with Crippen LogP contribution in [0, 0.1) is 11.7 Å². The second-order valence-electron chi connectivity index (χ2n) is 7.75. The largest absolute Gasteiger partial charge is 0.493 e. The molecule has 2 amide bonds. The SMILES string of the molecule is [2H]C([2H])(NC(=O)N(Cc1ccc(F)cc1)C1CC([2H])([2H])N(C([2H])([2H])[2H])C([2H])([2H])C1)c1ccc(OCC(C)C)cc1. The molecular formula is C25H34FN3O2. The number of carbonyl (C=O) groups excluding carboxylic acids is 1. The van der Waals surface area contributed by atoms with Crippen molar-refractivity contribution in [2.75, 3.05) is 26.6 Å². The Hall–Kier alpha value is -2.60. The minimum Gasteiger partial charge on any atom is -0.493 e. The molecule has 1 saturated heterocycles. The summed E-state index contributed by atoms with van der Waals surface area (Å²) in [4.78, 5) is 14.8. The first-order chi connectivity index (χ1) is 18.3. The molecule has 5 nitrogen and oxygen atoms in total. The van der Waals surface area contributed by atoms with Crippen LogP contribution in [0.15, 0.2) is 48.5 Å². The lowest BCUT2D eigenvalue weighted by molar-refractivity contribution is 0.127. The average molecular weight is 437 g/mol. The van der Waals surface area contributed by atoms with Gasteiger partial charge in [-0.1, -0.05) is 38.1 Å². The molecule has 1 heterocycles. The minimum atomic E-state index is -3.08. The van der Waals surface area contributed by atoms with Crippen molar-refractivity contribution < 1.29 is 26.3 Å². The molecule has 0 atom stereocenters. The number of urea groups is 1. The zero-order valence-corrected chi connectivity index (χ0v) is 17.7. The molecule has 0 spiro atoms. The second-order valence-corrected chi connectivity index (χ2v) is 7.75. The summed E-state index contributed by atoms with van der Waals surface area (Å²) in [5, 5.41) is 2.30. The number of amides is 2. The monoisotopic (exact) mass is 436 g/mol. The van der Waals surface area contributed by atoms with E-state index in [1.54, 1.807) is 12.1 Å². The van der Waals surface area contributed by atoms with Gasteiger partial charge < -0.3 is 19.9 Å². The minimum absolute atomic E-state index is 0.113. The number of rotatable bonds is 8. The van der Waals surface area contributed by atoms with Crippen LogP contribution >= 0.6 is 0 Å². The summed E-state index contributed by atoms with van der Waals surface area (Å²) in [6.07, 6.45) is -1.10. The topological polar surface area (TPSA) is 44.8 Å². The summed E-state index contributed by atoms with van der Waals surface area (Å²) < 4.78 is 92.6. The van der Waals surface area contributed by atoms with E-state index in [9.17, 15) is 9.18 Å². The van der Waals surface area contributed by atoms with Gasteiger partial charge in [-0.3, -0.25) is 0 Å². The zero-order valence-electron chi connectivity index (χ0n) is 26.7. The molecule has 1 aliphatic heterocycles. The molecule has 168 valence electrons. The van der Waals surface area contributed by atoms with Gasteiger partial charge in [0.05, 0.1) is 9.35 Å². The molecule has 0 bridgehead atoms. The third-order valence-corrected chi connectivity index (χ3v) is 4.69. The molecule has 0 aliphatic carbocycles. The summed E-state index contributed by atoms with van der Waals surface area (Å²) in [6, 6.07) is 9.11. The Balaban J connectivity index is 1.89. The fourth-order valence-corrected chi connectivity index (χ4v) is 2.99. The van der Waals surface area contributed by atoms with Gasteiger partial charge in [0.1, 0.15) is 11.6 Å². The molecule has 1 aliphatic rings. The highest BCUT2D eigenvalue weighted by atomic mass is 19.1. The molecule has 1 fully saturated rings. The van der Waals surface area contributed by atoms with Crippen molar-refractivity contribution in [3.05, 3.63) is 65.5 Å². The molecule has 0 radical (unpaired) electrons. The van der Waals surface area contributed by atoms with Crippen molar-refractivity contribution >= 4 is 6.03 Å². The Morgan fingerprint density at radius 2 is 1.87 bits per heavy atom. The number of nitrogens with one attached hydrogen (secondary N) is 1. The highest BCUT2D eigenvalue weighted by molar-refractivity contribution is 5.74. The fourth-order valence-electron chi connectivity index (χ4n) is 2.99. The number of carbonyl (C=O) groups is 1. The first-order valence-corrected chi connectivity index (χ1v) is 10.2. The Kier molecular flexibility index (Phi) is 4.94. The van der Waals surface area contributed by atoms with Gasteiger partial charge in [0, 0.05) is 28.7 Å². The Labute approximate surface area is 197 Å². The van der Waals surface area contributed by atoms with Gasteiger partial charge in [0.25, 0.3) is 0 Å². The second kappa shape index (κ2) is 11.1. The summed E-state index contributed by atoms with van der Waals surface area (Å²) >= 11 is 0. The van der Waals surface area contributed by atoms with E-state index >= 15 is 0 Å². The van der Waals surface area contributed by atoms with Crippen LogP contribution in [-0.2, 0) is 13.0 Å². The lowest BCUT2D eigenvalue weighted by atomic mass is 10.0. The van der Waals surface area contributed by atoms with Gasteiger partial charge in [-0.25, -0.2) is 9.18 Å². The van der Waals surface area contributed by atoms with Gasteiger partial charge in [0.2, 0.25) is 0 Å². The van der Waals surface area contributed by atoms with Crippen LogP contribution in [0.1, 0.15) is 50.2 Å². The predicted octanol–water partition coefficient (Wildman–Crippen LogP) is 4.67. The molecule has 3 rings (SSSR count). The lowest BCUT2D eigenvalue weighted by Gasteiger charge is -2.37. The van der Waals surface area contributed by atoms with Crippen LogP contribution in [0.4, 0.5) is 9.18 Å². The zero-order chi connectivity index (χ0) is 30.1. The van der Waals surface area contributed by atoms with E-state index in [0.717, 1.165) is 4.90 Å². The normalized spacial score (nSPS) is 23.5. The highest BCUT2D eigenvalue weighted by Crippen LogP contribution is 2.19. The Morgan fingerprint density at radius 3 is 2.48 bits per heavy atom. The number of nitrogens with zero attached hydrogens (tertiary/aromatic N) is 2. The molecule has 2 aromatic rings. The number of piperidine rings is 1. The van der Waals surface area contributed by atoms with E-state index in [-0.39, 0.29) is 17.0 Å². The molecule has 2 aromatic carbocycles. The van der Waals surface area contributed by atoms with Gasteiger partial charge >= 0.3 is 6.03 Å². The third-order valence-electron chi connectivity index (χ3n) is 4.69. The van der Waals surface area contributed by atoms with Crippen LogP contribution in [0.2, 0.25) is 0 Å². The van der Waals surface area contributed by atoms with Crippen LogP contribution in [0.25, 0.3) is 0 Å². The first kappa shape index (κ1) is 13.7.